The highest BCUT2D eigenvalue weighted by atomic mass is 35.5. The van der Waals surface area contributed by atoms with Crippen molar-refractivity contribution in [1.82, 2.24) is 14.7 Å². The molecule has 1 aliphatic carbocycles. The summed E-state index contributed by atoms with van der Waals surface area (Å²) in [6, 6.07) is 16.3. The summed E-state index contributed by atoms with van der Waals surface area (Å²) >= 11 is 14.1. The Balaban J connectivity index is 1.22. The lowest BCUT2D eigenvalue weighted by Gasteiger charge is -2.41. The van der Waals surface area contributed by atoms with Gasteiger partial charge in [0.1, 0.15) is 5.37 Å². The minimum absolute atomic E-state index is 0.0650. The molecule has 3 aliphatic rings. The molecule has 0 bridgehead atoms. The van der Waals surface area contributed by atoms with Crippen molar-refractivity contribution in [1.29, 1.82) is 0 Å². The minimum Gasteiger partial charge on any atom is -0.322 e. The number of benzene rings is 2. The Morgan fingerprint density at radius 2 is 1.61 bits per heavy atom. The molecule has 36 heavy (non-hydrogen) atoms. The lowest BCUT2D eigenvalue weighted by Crippen LogP contribution is -2.51. The van der Waals surface area contributed by atoms with Gasteiger partial charge in [0.25, 0.3) is 5.91 Å². The third-order valence-electron chi connectivity index (χ3n) is 7.64. The fourth-order valence-corrected chi connectivity index (χ4v) is 7.39. The van der Waals surface area contributed by atoms with E-state index in [1.807, 2.05) is 53.4 Å². The Kier molecular flexibility index (Phi) is 8.97. The minimum atomic E-state index is -0.0650. The van der Waals surface area contributed by atoms with E-state index in [1.165, 1.54) is 45.2 Å². The smallest absolute Gasteiger partial charge is 0.261 e. The summed E-state index contributed by atoms with van der Waals surface area (Å²) in [5.41, 5.74) is 2.01. The number of nitrogens with zero attached hydrogens (tertiary/aromatic N) is 3. The van der Waals surface area contributed by atoms with Gasteiger partial charge in [-0.3, -0.25) is 9.69 Å². The number of halogens is 2. The molecule has 1 unspecified atom stereocenters. The first kappa shape index (κ1) is 26.1. The summed E-state index contributed by atoms with van der Waals surface area (Å²) in [5, 5.41) is 1.31. The predicted octanol–water partition coefficient (Wildman–Crippen LogP) is 6.95. The average molecular weight is 545 g/mol. The van der Waals surface area contributed by atoms with Crippen LogP contribution in [0, 0.1) is 0 Å². The van der Waals surface area contributed by atoms with Gasteiger partial charge in [0.15, 0.2) is 0 Å². The Morgan fingerprint density at radius 3 is 2.33 bits per heavy atom. The van der Waals surface area contributed by atoms with E-state index in [2.05, 4.69) is 15.9 Å². The van der Waals surface area contributed by atoms with Gasteiger partial charge in [-0.05, 0) is 67.3 Å². The van der Waals surface area contributed by atoms with Gasteiger partial charge in [0.2, 0.25) is 0 Å². The zero-order valence-corrected chi connectivity index (χ0v) is 23.1. The van der Waals surface area contributed by atoms with E-state index in [1.54, 1.807) is 11.8 Å². The Hall–Kier alpha value is -1.50. The van der Waals surface area contributed by atoms with Gasteiger partial charge in [0, 0.05) is 48.8 Å². The van der Waals surface area contributed by atoms with Crippen molar-refractivity contribution in [2.24, 2.45) is 0 Å². The zero-order chi connectivity index (χ0) is 24.9. The van der Waals surface area contributed by atoms with Crippen LogP contribution >= 0.6 is 35.0 Å². The molecule has 0 radical (unpaired) electrons. The number of rotatable bonds is 7. The number of hydrogen-bond donors (Lipinski definition) is 0. The molecular formula is C29H35Cl2N3OS. The van der Waals surface area contributed by atoms with Crippen molar-refractivity contribution in [3.05, 3.63) is 74.6 Å². The van der Waals surface area contributed by atoms with Crippen molar-refractivity contribution < 1.29 is 4.79 Å². The van der Waals surface area contributed by atoms with Gasteiger partial charge in [-0.1, -0.05) is 78.5 Å². The monoisotopic (exact) mass is 543 g/mol. The van der Waals surface area contributed by atoms with Gasteiger partial charge >= 0.3 is 0 Å². The highest BCUT2D eigenvalue weighted by Gasteiger charge is 2.37. The van der Waals surface area contributed by atoms with Crippen molar-refractivity contribution >= 4 is 46.9 Å². The molecule has 2 saturated heterocycles. The van der Waals surface area contributed by atoms with Crippen molar-refractivity contribution in [2.45, 2.75) is 49.9 Å². The van der Waals surface area contributed by atoms with Crippen LogP contribution in [0.5, 0.6) is 0 Å². The van der Waals surface area contributed by atoms with Crippen LogP contribution in [-0.4, -0.2) is 65.9 Å². The Labute approximate surface area is 229 Å². The first-order valence-electron chi connectivity index (χ1n) is 13.2. The van der Waals surface area contributed by atoms with Crippen LogP contribution in [0.15, 0.2) is 53.4 Å². The molecule has 0 spiro atoms. The van der Waals surface area contributed by atoms with E-state index < -0.39 is 0 Å². The number of piperazine rings is 1. The SMILES string of the molecule is O=C1C(=Cc2cccc(Cl)c2)SC(c2cccc(Cl)c2)N1CCCN1CCN(C2CCCCC2)CC1. The molecule has 3 fully saturated rings. The molecule has 7 heteroatoms. The second kappa shape index (κ2) is 12.4. The first-order valence-corrected chi connectivity index (χ1v) is 14.9. The number of thioether (sulfide) groups is 1. The first-order chi connectivity index (χ1) is 17.6. The van der Waals surface area contributed by atoms with E-state index in [4.69, 9.17) is 23.2 Å². The van der Waals surface area contributed by atoms with Gasteiger partial charge < -0.3 is 9.80 Å². The zero-order valence-electron chi connectivity index (χ0n) is 20.8. The third kappa shape index (κ3) is 6.49. The lowest BCUT2D eigenvalue weighted by atomic mass is 9.94. The fraction of sp³-hybridized carbons (Fsp3) is 0.483. The second-order valence-corrected chi connectivity index (χ2v) is 12.1. The van der Waals surface area contributed by atoms with E-state index in [9.17, 15) is 4.79 Å². The maximum atomic E-state index is 13.5. The lowest BCUT2D eigenvalue weighted by molar-refractivity contribution is -0.126. The van der Waals surface area contributed by atoms with E-state index in [-0.39, 0.29) is 11.3 Å². The van der Waals surface area contributed by atoms with Crippen LogP contribution < -0.4 is 0 Å². The number of carbonyl (C=O) groups is 1. The standard InChI is InChI=1S/C29H35Cl2N3OS/c30-24-9-4-7-22(19-24)20-27-28(35)34(29(36-27)23-8-5-10-25(31)21-23)14-6-13-32-15-17-33(18-16-32)26-11-2-1-3-12-26/h4-5,7-10,19-21,26,29H,1-3,6,11-18H2. The molecule has 5 rings (SSSR count). The van der Waals surface area contributed by atoms with Crippen molar-refractivity contribution in [3.8, 4) is 0 Å². The van der Waals surface area contributed by atoms with Crippen LogP contribution in [0.1, 0.15) is 55.0 Å². The molecule has 0 N–H and O–H groups in total. The molecular weight excluding hydrogens is 509 g/mol. The van der Waals surface area contributed by atoms with E-state index >= 15 is 0 Å². The summed E-state index contributed by atoms with van der Waals surface area (Å²) in [5.74, 6) is 0.0899. The Morgan fingerprint density at radius 1 is 0.889 bits per heavy atom. The summed E-state index contributed by atoms with van der Waals surface area (Å²) in [7, 11) is 0. The van der Waals surface area contributed by atoms with Crippen LogP contribution in [0.25, 0.3) is 6.08 Å². The van der Waals surface area contributed by atoms with Gasteiger partial charge in [-0.25, -0.2) is 0 Å². The van der Waals surface area contributed by atoms with E-state index in [0.29, 0.717) is 10.0 Å². The van der Waals surface area contributed by atoms with Crippen molar-refractivity contribution in [3.63, 3.8) is 0 Å². The fourth-order valence-electron chi connectivity index (χ4n) is 5.72. The van der Waals surface area contributed by atoms with E-state index in [0.717, 1.165) is 54.7 Å². The molecule has 0 aromatic heterocycles. The third-order valence-corrected chi connectivity index (χ3v) is 9.41. The van der Waals surface area contributed by atoms with Crippen LogP contribution in [0.3, 0.4) is 0 Å². The van der Waals surface area contributed by atoms with Crippen LogP contribution in [-0.2, 0) is 4.79 Å². The van der Waals surface area contributed by atoms with Crippen LogP contribution in [0.2, 0.25) is 10.0 Å². The second-order valence-electron chi connectivity index (χ2n) is 10.1. The predicted molar refractivity (Wildman–Crippen MR) is 152 cm³/mol. The molecule has 192 valence electrons. The normalized spacial score (nSPS) is 23.6. The largest absolute Gasteiger partial charge is 0.322 e. The molecule has 2 aromatic rings. The molecule has 2 aromatic carbocycles. The Bertz CT molecular complexity index is 1080. The number of carbonyl (C=O) groups excluding carboxylic acids is 1. The summed E-state index contributed by atoms with van der Waals surface area (Å²) in [4.78, 5) is 21.6. The van der Waals surface area contributed by atoms with Crippen LogP contribution in [0.4, 0.5) is 0 Å². The van der Waals surface area contributed by atoms with Gasteiger partial charge in [-0.15, -0.1) is 0 Å². The summed E-state index contributed by atoms with van der Waals surface area (Å²) in [6.45, 7) is 6.40. The average Bonchev–Trinajstić information content (AvgIpc) is 3.20. The molecule has 4 nitrogen and oxygen atoms in total. The highest BCUT2D eigenvalue weighted by Crippen LogP contribution is 2.46. The quantitative estimate of drug-likeness (QED) is 0.353. The number of amides is 1. The molecule has 2 heterocycles. The van der Waals surface area contributed by atoms with Crippen molar-refractivity contribution in [2.75, 3.05) is 39.3 Å². The molecule has 1 saturated carbocycles. The van der Waals surface area contributed by atoms with Gasteiger partial charge in [0.05, 0.1) is 4.91 Å². The molecule has 2 aliphatic heterocycles. The molecule has 1 amide bonds. The van der Waals surface area contributed by atoms with Gasteiger partial charge in [-0.2, -0.15) is 0 Å². The topological polar surface area (TPSA) is 26.8 Å². The highest BCUT2D eigenvalue weighted by molar-refractivity contribution is 8.04. The molecule has 1 atom stereocenters. The summed E-state index contributed by atoms with van der Waals surface area (Å²) in [6.07, 6.45) is 9.90. The maximum absolute atomic E-state index is 13.5. The summed E-state index contributed by atoms with van der Waals surface area (Å²) < 4.78 is 0. The number of hydrogen-bond acceptors (Lipinski definition) is 4. The maximum Gasteiger partial charge on any atom is 0.261 e.